The summed E-state index contributed by atoms with van der Waals surface area (Å²) in [7, 11) is 0. The van der Waals surface area contributed by atoms with Gasteiger partial charge in [0, 0.05) is 18.6 Å². The highest BCUT2D eigenvalue weighted by molar-refractivity contribution is 5.86. The van der Waals surface area contributed by atoms with Crippen molar-refractivity contribution in [2.75, 3.05) is 0 Å². The van der Waals surface area contributed by atoms with Crippen molar-refractivity contribution in [3.05, 3.63) is 58.3 Å². The maximum absolute atomic E-state index is 11.7. The van der Waals surface area contributed by atoms with Crippen LogP contribution in [0.1, 0.15) is 15.9 Å². The zero-order valence-corrected chi connectivity index (χ0v) is 8.78. The van der Waals surface area contributed by atoms with Gasteiger partial charge < -0.3 is 5.11 Å². The van der Waals surface area contributed by atoms with Gasteiger partial charge in [0.25, 0.3) is 5.56 Å². The Hall–Kier alpha value is -2.50. The van der Waals surface area contributed by atoms with Gasteiger partial charge in [-0.25, -0.2) is 9.48 Å². The number of carbonyl (C=O) groups is 1. The topological polar surface area (TPSA) is 85.1 Å². The molecule has 0 bridgehead atoms. The van der Waals surface area contributed by atoms with E-state index in [1.807, 2.05) is 0 Å². The monoisotopic (exact) mass is 231 g/mol. The number of aromatic carboxylic acids is 1. The molecule has 0 atom stereocenters. The molecule has 0 radical (unpaired) electrons. The van der Waals surface area contributed by atoms with Crippen molar-refractivity contribution in [2.45, 2.75) is 6.54 Å². The van der Waals surface area contributed by atoms with E-state index in [4.69, 9.17) is 5.11 Å². The average molecular weight is 231 g/mol. The van der Waals surface area contributed by atoms with Crippen LogP contribution in [0.15, 0.2) is 41.6 Å². The second kappa shape index (κ2) is 4.56. The number of hydrogen-bond donors (Lipinski definition) is 1. The molecular formula is C11H9N3O3. The standard InChI is InChI=1S/C11H9N3O3/c15-10-9(11(16)17)3-5-13-14(10)7-8-2-1-4-12-6-8/h1-6H,7H2,(H,16,17). The van der Waals surface area contributed by atoms with Crippen LogP contribution < -0.4 is 5.56 Å². The lowest BCUT2D eigenvalue weighted by molar-refractivity contribution is 0.0693. The summed E-state index contributed by atoms with van der Waals surface area (Å²) in [5.74, 6) is -1.25. The molecule has 17 heavy (non-hydrogen) atoms. The third-order valence-electron chi connectivity index (χ3n) is 2.20. The molecular weight excluding hydrogens is 222 g/mol. The van der Waals surface area contributed by atoms with Crippen LogP contribution in [0.5, 0.6) is 0 Å². The normalized spacial score (nSPS) is 10.1. The molecule has 0 aliphatic heterocycles. The van der Waals surface area contributed by atoms with Gasteiger partial charge in [-0.05, 0) is 17.7 Å². The molecule has 6 heteroatoms. The summed E-state index contributed by atoms with van der Waals surface area (Å²) in [6.07, 6.45) is 4.51. The van der Waals surface area contributed by atoms with E-state index in [0.29, 0.717) is 0 Å². The number of carboxylic acids is 1. The van der Waals surface area contributed by atoms with Gasteiger partial charge in [0.15, 0.2) is 0 Å². The Morgan fingerprint density at radius 3 is 2.82 bits per heavy atom. The number of pyridine rings is 1. The van der Waals surface area contributed by atoms with E-state index in [9.17, 15) is 9.59 Å². The number of nitrogens with zero attached hydrogens (tertiary/aromatic N) is 3. The molecule has 0 aliphatic rings. The van der Waals surface area contributed by atoms with E-state index in [1.54, 1.807) is 24.5 Å². The quantitative estimate of drug-likeness (QED) is 0.825. The molecule has 0 unspecified atom stereocenters. The molecule has 2 aromatic heterocycles. The molecule has 0 spiro atoms. The number of carboxylic acid groups (broad SMARTS) is 1. The summed E-state index contributed by atoms with van der Waals surface area (Å²) in [4.78, 5) is 26.4. The van der Waals surface area contributed by atoms with E-state index >= 15 is 0 Å². The third-order valence-corrected chi connectivity index (χ3v) is 2.20. The predicted octanol–water partition coefficient (Wildman–Crippen LogP) is 0.385. The first-order valence-corrected chi connectivity index (χ1v) is 4.87. The van der Waals surface area contributed by atoms with Crippen molar-refractivity contribution >= 4 is 5.97 Å². The van der Waals surface area contributed by atoms with Gasteiger partial charge in [0.1, 0.15) is 5.56 Å². The Kier molecular flexibility index (Phi) is 2.95. The highest BCUT2D eigenvalue weighted by atomic mass is 16.4. The Labute approximate surface area is 96.2 Å². The summed E-state index contributed by atoms with van der Waals surface area (Å²) in [6.45, 7) is 0.202. The molecule has 86 valence electrons. The maximum atomic E-state index is 11.7. The van der Waals surface area contributed by atoms with Gasteiger partial charge >= 0.3 is 5.97 Å². The third kappa shape index (κ3) is 2.36. The molecule has 6 nitrogen and oxygen atoms in total. The lowest BCUT2D eigenvalue weighted by Crippen LogP contribution is -2.28. The van der Waals surface area contributed by atoms with Crippen molar-refractivity contribution in [3.8, 4) is 0 Å². The minimum Gasteiger partial charge on any atom is -0.477 e. The fraction of sp³-hybridized carbons (Fsp3) is 0.0909. The lowest BCUT2D eigenvalue weighted by atomic mass is 10.2. The van der Waals surface area contributed by atoms with Crippen LogP contribution in [-0.2, 0) is 6.54 Å². The Morgan fingerprint density at radius 2 is 2.18 bits per heavy atom. The number of hydrogen-bond acceptors (Lipinski definition) is 4. The van der Waals surface area contributed by atoms with Crippen molar-refractivity contribution < 1.29 is 9.90 Å². The number of rotatable bonds is 3. The summed E-state index contributed by atoms with van der Waals surface area (Å²) in [6, 6.07) is 4.71. The lowest BCUT2D eigenvalue weighted by Gasteiger charge is -2.04. The zero-order chi connectivity index (χ0) is 12.3. The van der Waals surface area contributed by atoms with Crippen molar-refractivity contribution in [2.24, 2.45) is 0 Å². The molecule has 1 N–H and O–H groups in total. The minimum atomic E-state index is -1.25. The number of aromatic nitrogens is 3. The van der Waals surface area contributed by atoms with E-state index in [0.717, 1.165) is 10.2 Å². The van der Waals surface area contributed by atoms with Crippen LogP contribution in [0.25, 0.3) is 0 Å². The second-order valence-corrected chi connectivity index (χ2v) is 3.37. The molecule has 0 saturated heterocycles. The van der Waals surface area contributed by atoms with Crippen LogP contribution in [0, 0.1) is 0 Å². The first-order chi connectivity index (χ1) is 8.18. The van der Waals surface area contributed by atoms with Crippen LogP contribution >= 0.6 is 0 Å². The van der Waals surface area contributed by atoms with Crippen molar-refractivity contribution in [1.82, 2.24) is 14.8 Å². The Morgan fingerprint density at radius 1 is 1.35 bits per heavy atom. The molecule has 2 rings (SSSR count). The van der Waals surface area contributed by atoms with Crippen molar-refractivity contribution in [3.63, 3.8) is 0 Å². The van der Waals surface area contributed by atoms with E-state index in [1.165, 1.54) is 12.3 Å². The van der Waals surface area contributed by atoms with Crippen LogP contribution in [-0.4, -0.2) is 25.8 Å². The Balaban J connectivity index is 2.38. The SMILES string of the molecule is O=C(O)c1ccnn(Cc2cccnc2)c1=O. The largest absolute Gasteiger partial charge is 0.477 e. The highest BCUT2D eigenvalue weighted by Gasteiger charge is 2.10. The fourth-order valence-electron chi connectivity index (χ4n) is 1.39. The molecule has 0 saturated carbocycles. The highest BCUT2D eigenvalue weighted by Crippen LogP contribution is 1.97. The van der Waals surface area contributed by atoms with Gasteiger partial charge in [0.05, 0.1) is 6.54 Å². The average Bonchev–Trinajstić information content (AvgIpc) is 2.33. The molecule has 2 heterocycles. The smallest absolute Gasteiger partial charge is 0.341 e. The summed E-state index contributed by atoms with van der Waals surface area (Å²) in [5, 5.41) is 12.6. The maximum Gasteiger partial charge on any atom is 0.341 e. The predicted molar refractivity (Wildman–Crippen MR) is 58.8 cm³/mol. The van der Waals surface area contributed by atoms with Gasteiger partial charge in [-0.1, -0.05) is 6.07 Å². The molecule has 0 amide bonds. The molecule has 0 aromatic carbocycles. The van der Waals surface area contributed by atoms with Crippen LogP contribution in [0.4, 0.5) is 0 Å². The molecule has 2 aromatic rings. The van der Waals surface area contributed by atoms with Gasteiger partial charge in [-0.15, -0.1) is 0 Å². The van der Waals surface area contributed by atoms with E-state index in [2.05, 4.69) is 10.1 Å². The zero-order valence-electron chi connectivity index (χ0n) is 8.78. The Bertz CT molecular complexity index is 592. The van der Waals surface area contributed by atoms with Gasteiger partial charge in [0.2, 0.25) is 0 Å². The summed E-state index contributed by atoms with van der Waals surface area (Å²) in [5.41, 5.74) is -0.127. The van der Waals surface area contributed by atoms with Crippen LogP contribution in [0.2, 0.25) is 0 Å². The second-order valence-electron chi connectivity index (χ2n) is 3.37. The molecule has 0 fully saturated rings. The first kappa shape index (κ1) is 11.0. The molecule has 0 aliphatic carbocycles. The minimum absolute atomic E-state index is 0.202. The van der Waals surface area contributed by atoms with Gasteiger partial charge in [-0.3, -0.25) is 9.78 Å². The van der Waals surface area contributed by atoms with E-state index < -0.39 is 11.5 Å². The summed E-state index contributed by atoms with van der Waals surface area (Å²) >= 11 is 0. The van der Waals surface area contributed by atoms with Crippen molar-refractivity contribution in [1.29, 1.82) is 0 Å². The first-order valence-electron chi connectivity index (χ1n) is 4.87. The van der Waals surface area contributed by atoms with E-state index in [-0.39, 0.29) is 12.1 Å². The fourth-order valence-corrected chi connectivity index (χ4v) is 1.39. The summed E-state index contributed by atoms with van der Waals surface area (Å²) < 4.78 is 1.10. The van der Waals surface area contributed by atoms with Crippen LogP contribution in [0.3, 0.4) is 0 Å². The van der Waals surface area contributed by atoms with Gasteiger partial charge in [-0.2, -0.15) is 5.10 Å².